The van der Waals surface area contributed by atoms with Crippen LogP contribution in [0.4, 0.5) is 4.39 Å². The lowest BCUT2D eigenvalue weighted by atomic mass is 9.90. The Balaban J connectivity index is 2.04. The summed E-state index contributed by atoms with van der Waals surface area (Å²) in [5, 5.41) is 0. The molecule has 0 spiro atoms. The first-order chi connectivity index (χ1) is 8.37. The van der Waals surface area contributed by atoms with Gasteiger partial charge in [0.1, 0.15) is 5.67 Å². The highest BCUT2D eigenvalue weighted by Gasteiger charge is 2.40. The normalized spacial score (nSPS) is 20.0. The highest BCUT2D eigenvalue weighted by molar-refractivity contribution is 5.51. The Labute approximate surface area is 106 Å². The second kappa shape index (κ2) is 3.60. The zero-order valence-electron chi connectivity index (χ0n) is 10.8. The van der Waals surface area contributed by atoms with E-state index in [1.807, 2.05) is 6.07 Å². The maximum absolute atomic E-state index is 14.3. The topological polar surface area (TPSA) is 44.5 Å². The molecule has 0 saturated heterocycles. The fourth-order valence-corrected chi connectivity index (χ4v) is 2.40. The van der Waals surface area contributed by atoms with Crippen LogP contribution in [-0.2, 0) is 12.1 Å². The molecule has 0 amide bonds. The number of ether oxygens (including phenoxy) is 2. The van der Waals surface area contributed by atoms with E-state index in [0.29, 0.717) is 23.5 Å². The summed E-state index contributed by atoms with van der Waals surface area (Å²) in [7, 11) is 0. The molecule has 0 bridgehead atoms. The number of hydrogen-bond donors (Lipinski definition) is 1. The molecule has 1 aromatic rings. The third-order valence-corrected chi connectivity index (χ3v) is 3.67. The number of rotatable bonds is 3. The molecule has 1 fully saturated rings. The van der Waals surface area contributed by atoms with Gasteiger partial charge in [-0.2, -0.15) is 0 Å². The number of halogens is 1. The number of benzene rings is 1. The lowest BCUT2D eigenvalue weighted by molar-refractivity contribution is 0.173. The molecule has 0 aromatic heterocycles. The SMILES string of the molecule is CC(C)(F)c1cc2c(cc1CC1(N)CC1)OCO2. The van der Waals surface area contributed by atoms with Gasteiger partial charge in [-0.1, -0.05) is 0 Å². The molecule has 4 heteroatoms. The van der Waals surface area contributed by atoms with Crippen LogP contribution in [0, 0.1) is 0 Å². The average molecular weight is 251 g/mol. The van der Waals surface area contributed by atoms with Crippen molar-refractivity contribution in [2.45, 2.75) is 44.3 Å². The minimum Gasteiger partial charge on any atom is -0.454 e. The number of fused-ring (bicyclic) bond motifs is 1. The van der Waals surface area contributed by atoms with Crippen molar-refractivity contribution >= 4 is 0 Å². The predicted molar refractivity (Wildman–Crippen MR) is 66.6 cm³/mol. The van der Waals surface area contributed by atoms with Gasteiger partial charge >= 0.3 is 0 Å². The van der Waals surface area contributed by atoms with Crippen LogP contribution in [-0.4, -0.2) is 12.3 Å². The Morgan fingerprint density at radius 3 is 2.44 bits per heavy atom. The molecular formula is C14H18FNO2. The first-order valence-corrected chi connectivity index (χ1v) is 6.28. The Morgan fingerprint density at radius 1 is 1.28 bits per heavy atom. The fraction of sp³-hybridized carbons (Fsp3) is 0.571. The van der Waals surface area contributed by atoms with Crippen LogP contribution in [0.3, 0.4) is 0 Å². The summed E-state index contributed by atoms with van der Waals surface area (Å²) in [5.41, 5.74) is 6.19. The van der Waals surface area contributed by atoms with Gasteiger partial charge < -0.3 is 15.2 Å². The summed E-state index contributed by atoms with van der Waals surface area (Å²) in [4.78, 5) is 0. The summed E-state index contributed by atoms with van der Waals surface area (Å²) >= 11 is 0. The quantitative estimate of drug-likeness (QED) is 0.898. The Bertz CT molecular complexity index is 489. The van der Waals surface area contributed by atoms with E-state index < -0.39 is 5.67 Å². The second-order valence-corrected chi connectivity index (χ2v) is 5.87. The minimum atomic E-state index is -1.40. The van der Waals surface area contributed by atoms with Gasteiger partial charge in [-0.15, -0.1) is 0 Å². The van der Waals surface area contributed by atoms with Gasteiger partial charge in [0, 0.05) is 5.54 Å². The van der Waals surface area contributed by atoms with E-state index in [1.165, 1.54) is 0 Å². The zero-order valence-corrected chi connectivity index (χ0v) is 10.8. The fourth-order valence-electron chi connectivity index (χ4n) is 2.40. The molecule has 1 saturated carbocycles. The molecule has 18 heavy (non-hydrogen) atoms. The van der Waals surface area contributed by atoms with Crippen molar-refractivity contribution in [2.24, 2.45) is 5.73 Å². The molecule has 1 aliphatic heterocycles. The number of hydrogen-bond acceptors (Lipinski definition) is 3. The lowest BCUT2D eigenvalue weighted by Gasteiger charge is -2.21. The van der Waals surface area contributed by atoms with E-state index in [1.54, 1.807) is 19.9 Å². The predicted octanol–water partition coefficient (Wildman–Crippen LogP) is 2.65. The molecular weight excluding hydrogens is 233 g/mol. The van der Waals surface area contributed by atoms with Crippen LogP contribution >= 0.6 is 0 Å². The van der Waals surface area contributed by atoms with Crippen LogP contribution in [0.25, 0.3) is 0 Å². The van der Waals surface area contributed by atoms with Gasteiger partial charge in [0.2, 0.25) is 6.79 Å². The smallest absolute Gasteiger partial charge is 0.231 e. The van der Waals surface area contributed by atoms with Crippen molar-refractivity contribution in [3.8, 4) is 11.5 Å². The van der Waals surface area contributed by atoms with Crippen molar-refractivity contribution in [3.05, 3.63) is 23.3 Å². The van der Waals surface area contributed by atoms with Gasteiger partial charge in [-0.3, -0.25) is 0 Å². The molecule has 0 unspecified atom stereocenters. The van der Waals surface area contributed by atoms with Gasteiger partial charge in [-0.05, 0) is 56.4 Å². The van der Waals surface area contributed by atoms with Crippen molar-refractivity contribution in [3.63, 3.8) is 0 Å². The summed E-state index contributed by atoms with van der Waals surface area (Å²) < 4.78 is 25.0. The standard InChI is InChI=1S/C14H18FNO2/c1-13(2,15)10-6-12-11(17-8-18-12)5-9(10)7-14(16)3-4-14/h5-6H,3-4,7-8,16H2,1-2H3. The average Bonchev–Trinajstić information content (AvgIpc) is 2.82. The summed E-state index contributed by atoms with van der Waals surface area (Å²) in [5.74, 6) is 1.32. The largest absolute Gasteiger partial charge is 0.454 e. The van der Waals surface area contributed by atoms with E-state index in [4.69, 9.17) is 15.2 Å². The molecule has 98 valence electrons. The molecule has 3 rings (SSSR count). The van der Waals surface area contributed by atoms with E-state index >= 15 is 0 Å². The minimum absolute atomic E-state index is 0.145. The third kappa shape index (κ3) is 2.05. The van der Waals surface area contributed by atoms with Crippen molar-refractivity contribution in [2.75, 3.05) is 6.79 Å². The number of nitrogens with two attached hydrogens (primary N) is 1. The van der Waals surface area contributed by atoms with Gasteiger partial charge in [0.05, 0.1) is 0 Å². The zero-order chi connectivity index (χ0) is 13.0. The van der Waals surface area contributed by atoms with Gasteiger partial charge in [0.15, 0.2) is 11.5 Å². The summed E-state index contributed by atoms with van der Waals surface area (Å²) in [6.45, 7) is 3.33. The van der Waals surface area contributed by atoms with Crippen molar-refractivity contribution < 1.29 is 13.9 Å². The molecule has 2 aliphatic rings. The third-order valence-electron chi connectivity index (χ3n) is 3.67. The van der Waals surface area contributed by atoms with E-state index in [2.05, 4.69) is 0 Å². The van der Waals surface area contributed by atoms with Crippen molar-refractivity contribution in [1.29, 1.82) is 0 Å². The van der Waals surface area contributed by atoms with E-state index in [0.717, 1.165) is 18.4 Å². The highest BCUT2D eigenvalue weighted by atomic mass is 19.1. The second-order valence-electron chi connectivity index (χ2n) is 5.87. The number of alkyl halides is 1. The van der Waals surface area contributed by atoms with Crippen LogP contribution in [0.5, 0.6) is 11.5 Å². The molecule has 3 nitrogen and oxygen atoms in total. The van der Waals surface area contributed by atoms with Crippen molar-refractivity contribution in [1.82, 2.24) is 0 Å². The van der Waals surface area contributed by atoms with Crippen LogP contribution in [0.2, 0.25) is 0 Å². The molecule has 1 aromatic carbocycles. The highest BCUT2D eigenvalue weighted by Crippen LogP contribution is 2.43. The van der Waals surface area contributed by atoms with Crippen LogP contribution in [0.15, 0.2) is 12.1 Å². The molecule has 0 atom stereocenters. The Kier molecular flexibility index (Phi) is 2.36. The molecule has 2 N–H and O–H groups in total. The summed E-state index contributed by atoms with van der Waals surface area (Å²) in [6.07, 6.45) is 2.72. The Morgan fingerprint density at radius 2 is 1.89 bits per heavy atom. The van der Waals surface area contributed by atoms with Crippen LogP contribution in [0.1, 0.15) is 37.8 Å². The lowest BCUT2D eigenvalue weighted by Crippen LogP contribution is -2.26. The van der Waals surface area contributed by atoms with Crippen LogP contribution < -0.4 is 15.2 Å². The first kappa shape index (κ1) is 11.8. The molecule has 1 aliphatic carbocycles. The Hall–Kier alpha value is -1.29. The maximum atomic E-state index is 14.3. The van der Waals surface area contributed by atoms with E-state index in [-0.39, 0.29) is 12.3 Å². The van der Waals surface area contributed by atoms with Gasteiger partial charge in [-0.25, -0.2) is 4.39 Å². The van der Waals surface area contributed by atoms with E-state index in [9.17, 15) is 4.39 Å². The maximum Gasteiger partial charge on any atom is 0.231 e. The first-order valence-electron chi connectivity index (χ1n) is 6.28. The molecule has 0 radical (unpaired) electrons. The molecule has 1 heterocycles. The monoisotopic (exact) mass is 251 g/mol. The van der Waals surface area contributed by atoms with Gasteiger partial charge in [0.25, 0.3) is 0 Å². The summed E-state index contributed by atoms with van der Waals surface area (Å²) in [6, 6.07) is 3.63.